The summed E-state index contributed by atoms with van der Waals surface area (Å²) in [6.07, 6.45) is 0.0542. The number of amides is 2. The summed E-state index contributed by atoms with van der Waals surface area (Å²) in [5.74, 6) is 0.100. The van der Waals surface area contributed by atoms with Crippen molar-refractivity contribution < 1.29 is 14.3 Å². The summed E-state index contributed by atoms with van der Waals surface area (Å²) >= 11 is 3.19. The molecule has 0 aliphatic carbocycles. The van der Waals surface area contributed by atoms with E-state index in [4.69, 9.17) is 10.5 Å². The van der Waals surface area contributed by atoms with Gasteiger partial charge in [-0.15, -0.1) is 22.7 Å². The van der Waals surface area contributed by atoms with E-state index in [-0.39, 0.29) is 17.9 Å². The van der Waals surface area contributed by atoms with Crippen molar-refractivity contribution in [3.63, 3.8) is 0 Å². The summed E-state index contributed by atoms with van der Waals surface area (Å²) in [6.45, 7) is 2.58. The monoisotopic (exact) mass is 367 g/mol. The van der Waals surface area contributed by atoms with Crippen LogP contribution in [0.4, 0.5) is 0 Å². The van der Waals surface area contributed by atoms with Gasteiger partial charge in [0.05, 0.1) is 17.4 Å². The first-order valence-corrected chi connectivity index (χ1v) is 9.59. The average Bonchev–Trinajstić information content (AvgIpc) is 3.20. The lowest BCUT2D eigenvalue weighted by Gasteiger charge is -2.35. The lowest BCUT2D eigenvalue weighted by Crippen LogP contribution is -2.51. The Bertz CT molecular complexity index is 687. The van der Waals surface area contributed by atoms with Crippen molar-refractivity contribution in [3.05, 3.63) is 22.4 Å². The molecule has 24 heavy (non-hydrogen) atoms. The molecule has 0 saturated carbocycles. The maximum Gasteiger partial charge on any atom is 0.264 e. The van der Waals surface area contributed by atoms with Crippen LogP contribution in [0, 0.1) is 0 Å². The second-order valence-electron chi connectivity index (χ2n) is 5.73. The highest BCUT2D eigenvalue weighted by atomic mass is 32.1. The van der Waals surface area contributed by atoms with Gasteiger partial charge in [0.15, 0.2) is 0 Å². The lowest BCUT2D eigenvalue weighted by molar-refractivity contribution is -0.135. The number of carbonyl (C=O) groups excluding carboxylic acids is 2. The Labute approximate surface area is 148 Å². The number of rotatable bonds is 5. The molecule has 2 amide bonds. The van der Waals surface area contributed by atoms with E-state index in [1.54, 1.807) is 23.3 Å². The minimum atomic E-state index is -0.240. The molecule has 2 N–H and O–H groups in total. The molecule has 0 radical (unpaired) electrons. The Kier molecular flexibility index (Phi) is 5.50. The molecule has 2 aromatic rings. The lowest BCUT2D eigenvalue weighted by atomic mass is 10.2. The number of methoxy groups -OCH3 is 1. The van der Waals surface area contributed by atoms with Crippen LogP contribution in [0.1, 0.15) is 16.1 Å². The average molecular weight is 367 g/mol. The third-order valence-electron chi connectivity index (χ3n) is 4.27. The first-order chi connectivity index (χ1) is 11.6. The summed E-state index contributed by atoms with van der Waals surface area (Å²) in [4.78, 5) is 29.3. The summed E-state index contributed by atoms with van der Waals surface area (Å²) in [6, 6.07) is 4.01. The van der Waals surface area contributed by atoms with E-state index in [0.717, 1.165) is 14.3 Å². The van der Waals surface area contributed by atoms with Gasteiger partial charge in [0.25, 0.3) is 5.91 Å². The Morgan fingerprint density at radius 2 is 1.96 bits per heavy atom. The van der Waals surface area contributed by atoms with Gasteiger partial charge >= 0.3 is 0 Å². The number of thiophene rings is 2. The van der Waals surface area contributed by atoms with Crippen molar-refractivity contribution in [2.24, 2.45) is 5.73 Å². The number of fused-ring (bicyclic) bond motifs is 1. The van der Waals surface area contributed by atoms with Crippen molar-refractivity contribution in [1.29, 1.82) is 0 Å². The smallest absolute Gasteiger partial charge is 0.264 e. The zero-order valence-corrected chi connectivity index (χ0v) is 15.2. The minimum Gasteiger partial charge on any atom is -0.380 e. The standard InChI is InChI=1S/C16H21N3O3S2/c1-22-11(10-17)8-15(20)18-3-5-19(6-4-18)16(21)14-9-13-12(24-14)2-7-23-13/h2,7,9,11H,3-6,8,10,17H2,1H3. The van der Waals surface area contributed by atoms with Gasteiger partial charge in [-0.05, 0) is 17.5 Å². The highest BCUT2D eigenvalue weighted by Crippen LogP contribution is 2.30. The SMILES string of the molecule is COC(CN)CC(=O)N1CCN(C(=O)c2cc3sccc3s2)CC1. The van der Waals surface area contributed by atoms with Crippen molar-refractivity contribution in [1.82, 2.24) is 9.80 Å². The van der Waals surface area contributed by atoms with Gasteiger partial charge in [0.1, 0.15) is 0 Å². The topological polar surface area (TPSA) is 75.9 Å². The molecule has 3 rings (SSSR count). The molecule has 6 nitrogen and oxygen atoms in total. The van der Waals surface area contributed by atoms with Crippen LogP contribution in [-0.2, 0) is 9.53 Å². The molecule has 1 unspecified atom stereocenters. The Morgan fingerprint density at radius 3 is 2.58 bits per heavy atom. The molecule has 1 aliphatic rings. The third-order valence-corrected chi connectivity index (χ3v) is 6.35. The molecular formula is C16H21N3O3S2. The van der Waals surface area contributed by atoms with Crippen molar-refractivity contribution in [3.8, 4) is 0 Å². The van der Waals surface area contributed by atoms with Gasteiger partial charge in [-0.2, -0.15) is 0 Å². The second-order valence-corrected chi connectivity index (χ2v) is 7.76. The van der Waals surface area contributed by atoms with Crippen LogP contribution in [0.25, 0.3) is 9.40 Å². The molecule has 1 aliphatic heterocycles. The third kappa shape index (κ3) is 3.61. The van der Waals surface area contributed by atoms with E-state index in [1.807, 2.05) is 22.4 Å². The largest absolute Gasteiger partial charge is 0.380 e. The van der Waals surface area contributed by atoms with E-state index >= 15 is 0 Å². The molecular weight excluding hydrogens is 346 g/mol. The van der Waals surface area contributed by atoms with Crippen LogP contribution >= 0.6 is 22.7 Å². The zero-order chi connectivity index (χ0) is 17.1. The molecule has 0 aromatic carbocycles. The maximum atomic E-state index is 12.6. The number of carbonyl (C=O) groups is 2. The van der Waals surface area contributed by atoms with E-state index in [9.17, 15) is 9.59 Å². The minimum absolute atomic E-state index is 0.0380. The summed E-state index contributed by atoms with van der Waals surface area (Å²) in [7, 11) is 1.56. The number of hydrogen-bond donors (Lipinski definition) is 1. The first kappa shape index (κ1) is 17.3. The maximum absolute atomic E-state index is 12.6. The normalized spacial score (nSPS) is 16.6. The molecule has 2 aromatic heterocycles. The number of piperazine rings is 1. The summed E-state index contributed by atoms with van der Waals surface area (Å²) < 4.78 is 7.48. The quantitative estimate of drug-likeness (QED) is 0.871. The van der Waals surface area contributed by atoms with Crippen LogP contribution in [0.2, 0.25) is 0 Å². The second kappa shape index (κ2) is 7.60. The predicted octanol–water partition coefficient (Wildman–Crippen LogP) is 1.61. The fourth-order valence-electron chi connectivity index (χ4n) is 2.77. The first-order valence-electron chi connectivity index (χ1n) is 7.89. The molecule has 1 saturated heterocycles. The number of nitrogens with two attached hydrogens (primary N) is 1. The number of hydrogen-bond acceptors (Lipinski definition) is 6. The van der Waals surface area contributed by atoms with Crippen LogP contribution < -0.4 is 5.73 Å². The van der Waals surface area contributed by atoms with Crippen molar-refractivity contribution in [2.75, 3.05) is 39.8 Å². The highest BCUT2D eigenvalue weighted by molar-refractivity contribution is 7.27. The van der Waals surface area contributed by atoms with Crippen molar-refractivity contribution >= 4 is 43.9 Å². The van der Waals surface area contributed by atoms with Gasteiger partial charge in [0, 0.05) is 49.2 Å². The molecule has 1 fully saturated rings. The van der Waals surface area contributed by atoms with E-state index < -0.39 is 0 Å². The van der Waals surface area contributed by atoms with E-state index in [2.05, 4.69) is 0 Å². The Morgan fingerprint density at radius 1 is 1.25 bits per heavy atom. The fourth-order valence-corrected chi connectivity index (χ4v) is 4.85. The number of ether oxygens (including phenoxy) is 1. The zero-order valence-electron chi connectivity index (χ0n) is 13.6. The van der Waals surface area contributed by atoms with Crippen LogP contribution in [0.3, 0.4) is 0 Å². The molecule has 8 heteroatoms. The van der Waals surface area contributed by atoms with Crippen molar-refractivity contribution in [2.45, 2.75) is 12.5 Å². The molecule has 0 spiro atoms. The van der Waals surface area contributed by atoms with Gasteiger partial charge in [-0.1, -0.05) is 0 Å². The van der Waals surface area contributed by atoms with Gasteiger partial charge < -0.3 is 20.3 Å². The van der Waals surface area contributed by atoms with Crippen LogP contribution in [-0.4, -0.2) is 67.6 Å². The van der Waals surface area contributed by atoms with Gasteiger partial charge in [-0.3, -0.25) is 9.59 Å². The van der Waals surface area contributed by atoms with Crippen LogP contribution in [0.15, 0.2) is 17.5 Å². The van der Waals surface area contributed by atoms with E-state index in [0.29, 0.717) is 39.1 Å². The Balaban J connectivity index is 1.55. The number of nitrogens with zero attached hydrogens (tertiary/aromatic N) is 2. The molecule has 3 heterocycles. The molecule has 130 valence electrons. The van der Waals surface area contributed by atoms with Crippen LogP contribution in [0.5, 0.6) is 0 Å². The van der Waals surface area contributed by atoms with E-state index in [1.165, 1.54) is 11.3 Å². The predicted molar refractivity (Wildman–Crippen MR) is 96.7 cm³/mol. The molecule has 1 atom stereocenters. The summed E-state index contributed by atoms with van der Waals surface area (Å²) in [5.41, 5.74) is 5.56. The summed E-state index contributed by atoms with van der Waals surface area (Å²) in [5, 5.41) is 2.04. The fraction of sp³-hybridized carbons (Fsp3) is 0.500. The highest BCUT2D eigenvalue weighted by Gasteiger charge is 2.26. The van der Waals surface area contributed by atoms with Gasteiger partial charge in [0.2, 0.25) is 5.91 Å². The molecule has 0 bridgehead atoms. The van der Waals surface area contributed by atoms with Gasteiger partial charge in [-0.25, -0.2) is 0 Å². The Hall–Kier alpha value is -1.48.